The number of nitrogens with one attached hydrogen (secondary N) is 1. The van der Waals surface area contributed by atoms with Crippen molar-refractivity contribution < 1.29 is 14.0 Å². The highest BCUT2D eigenvalue weighted by Crippen LogP contribution is 2.16. The van der Waals surface area contributed by atoms with Crippen molar-refractivity contribution in [3.8, 4) is 0 Å². The SMILES string of the molecule is CC(NC(=O)c1cc(Br)ccc1F)C(=O)N1CCCC1. The first-order valence-corrected chi connectivity index (χ1v) is 7.33. The van der Waals surface area contributed by atoms with Gasteiger partial charge in [-0.2, -0.15) is 0 Å². The average molecular weight is 343 g/mol. The maximum Gasteiger partial charge on any atom is 0.254 e. The van der Waals surface area contributed by atoms with Gasteiger partial charge in [0.05, 0.1) is 5.56 Å². The fraction of sp³-hybridized carbons (Fsp3) is 0.429. The topological polar surface area (TPSA) is 49.4 Å². The zero-order valence-electron chi connectivity index (χ0n) is 11.2. The lowest BCUT2D eigenvalue weighted by Gasteiger charge is -2.21. The summed E-state index contributed by atoms with van der Waals surface area (Å²) < 4.78 is 14.2. The average Bonchev–Trinajstić information content (AvgIpc) is 2.94. The standard InChI is InChI=1S/C14H16BrFN2O2/c1-9(14(20)18-6-2-3-7-18)17-13(19)11-8-10(15)4-5-12(11)16/h4-5,8-9H,2-3,6-7H2,1H3,(H,17,19). The number of halogens is 2. The molecule has 1 atom stereocenters. The minimum Gasteiger partial charge on any atom is -0.341 e. The quantitative estimate of drug-likeness (QED) is 0.916. The van der Waals surface area contributed by atoms with E-state index in [1.165, 1.54) is 18.2 Å². The molecule has 0 aromatic heterocycles. The smallest absolute Gasteiger partial charge is 0.254 e. The Hall–Kier alpha value is -1.43. The third-order valence-corrected chi connectivity index (χ3v) is 3.80. The van der Waals surface area contributed by atoms with Gasteiger partial charge in [0, 0.05) is 17.6 Å². The van der Waals surface area contributed by atoms with Crippen LogP contribution in [0.1, 0.15) is 30.1 Å². The van der Waals surface area contributed by atoms with E-state index in [9.17, 15) is 14.0 Å². The summed E-state index contributed by atoms with van der Waals surface area (Å²) in [6.45, 7) is 3.07. The van der Waals surface area contributed by atoms with E-state index in [1.807, 2.05) is 0 Å². The lowest BCUT2D eigenvalue weighted by atomic mass is 10.2. The molecule has 0 spiro atoms. The summed E-state index contributed by atoms with van der Waals surface area (Å²) in [5, 5.41) is 2.55. The van der Waals surface area contributed by atoms with Gasteiger partial charge in [0.2, 0.25) is 5.91 Å². The Kier molecular flexibility index (Phi) is 4.75. The highest BCUT2D eigenvalue weighted by molar-refractivity contribution is 9.10. The molecule has 0 saturated carbocycles. The summed E-state index contributed by atoms with van der Waals surface area (Å²) in [6, 6.07) is 3.48. The first kappa shape index (κ1) is 15.0. The number of carbonyl (C=O) groups excluding carboxylic acids is 2. The number of hydrogen-bond donors (Lipinski definition) is 1. The highest BCUT2D eigenvalue weighted by atomic mass is 79.9. The van der Waals surface area contributed by atoms with E-state index in [0.717, 1.165) is 25.9 Å². The molecule has 1 aromatic carbocycles. The third kappa shape index (κ3) is 3.36. The van der Waals surface area contributed by atoms with Crippen LogP contribution in [-0.2, 0) is 4.79 Å². The van der Waals surface area contributed by atoms with E-state index in [2.05, 4.69) is 21.2 Å². The number of hydrogen-bond acceptors (Lipinski definition) is 2. The van der Waals surface area contributed by atoms with E-state index in [-0.39, 0.29) is 11.5 Å². The molecule has 1 aromatic rings. The van der Waals surface area contributed by atoms with Crippen molar-refractivity contribution in [2.75, 3.05) is 13.1 Å². The van der Waals surface area contributed by atoms with Crippen LogP contribution in [0.15, 0.2) is 22.7 Å². The molecule has 20 heavy (non-hydrogen) atoms. The van der Waals surface area contributed by atoms with Crippen molar-refractivity contribution in [3.63, 3.8) is 0 Å². The van der Waals surface area contributed by atoms with E-state index in [4.69, 9.17) is 0 Å². The minimum absolute atomic E-state index is 0.0690. The number of carbonyl (C=O) groups is 2. The molecule has 108 valence electrons. The third-order valence-electron chi connectivity index (χ3n) is 3.31. The van der Waals surface area contributed by atoms with Crippen LogP contribution < -0.4 is 5.32 Å². The van der Waals surface area contributed by atoms with Gasteiger partial charge in [-0.1, -0.05) is 15.9 Å². The van der Waals surface area contributed by atoms with Crippen LogP contribution in [-0.4, -0.2) is 35.8 Å². The van der Waals surface area contributed by atoms with Crippen LogP contribution in [0.5, 0.6) is 0 Å². The van der Waals surface area contributed by atoms with Crippen LogP contribution in [0.2, 0.25) is 0 Å². The van der Waals surface area contributed by atoms with Gasteiger partial charge in [-0.25, -0.2) is 4.39 Å². The van der Waals surface area contributed by atoms with Gasteiger partial charge in [-0.05, 0) is 38.0 Å². The van der Waals surface area contributed by atoms with E-state index < -0.39 is 17.8 Å². The Morgan fingerprint density at radius 3 is 2.65 bits per heavy atom. The molecule has 1 N–H and O–H groups in total. The molecule has 1 saturated heterocycles. The lowest BCUT2D eigenvalue weighted by Crippen LogP contribution is -2.46. The first-order valence-electron chi connectivity index (χ1n) is 6.54. The van der Waals surface area contributed by atoms with E-state index in [1.54, 1.807) is 11.8 Å². The van der Waals surface area contributed by atoms with Crippen molar-refractivity contribution in [2.45, 2.75) is 25.8 Å². The largest absolute Gasteiger partial charge is 0.341 e. The maximum absolute atomic E-state index is 13.6. The normalized spacial score (nSPS) is 16.1. The van der Waals surface area contributed by atoms with Gasteiger partial charge in [0.15, 0.2) is 0 Å². The van der Waals surface area contributed by atoms with E-state index >= 15 is 0 Å². The summed E-state index contributed by atoms with van der Waals surface area (Å²) in [5.74, 6) is -1.30. The number of nitrogens with zero attached hydrogens (tertiary/aromatic N) is 1. The number of likely N-dealkylation sites (tertiary alicyclic amines) is 1. The highest BCUT2D eigenvalue weighted by Gasteiger charge is 2.25. The molecule has 6 heteroatoms. The van der Waals surface area contributed by atoms with Gasteiger partial charge in [-0.15, -0.1) is 0 Å². The fourth-order valence-corrected chi connectivity index (χ4v) is 2.58. The Morgan fingerprint density at radius 1 is 1.35 bits per heavy atom. The molecule has 0 radical (unpaired) electrons. The van der Waals surface area contributed by atoms with Crippen LogP contribution in [0.3, 0.4) is 0 Å². The number of benzene rings is 1. The van der Waals surface area contributed by atoms with Crippen molar-refractivity contribution in [3.05, 3.63) is 34.1 Å². The number of amides is 2. The summed E-state index contributed by atoms with van der Waals surface area (Å²) in [4.78, 5) is 25.8. The van der Waals surface area contributed by atoms with E-state index in [0.29, 0.717) is 4.47 Å². The van der Waals surface area contributed by atoms with Crippen molar-refractivity contribution >= 4 is 27.7 Å². The molecule has 0 aliphatic carbocycles. The minimum atomic E-state index is -0.654. The first-order chi connectivity index (χ1) is 9.49. The van der Waals surface area contributed by atoms with Crippen molar-refractivity contribution in [1.82, 2.24) is 10.2 Å². The molecule has 4 nitrogen and oxygen atoms in total. The Bertz CT molecular complexity index is 530. The molecule has 1 heterocycles. The van der Waals surface area contributed by atoms with Crippen LogP contribution >= 0.6 is 15.9 Å². The second-order valence-electron chi connectivity index (χ2n) is 4.85. The Balaban J connectivity index is 2.03. The fourth-order valence-electron chi connectivity index (χ4n) is 2.22. The van der Waals surface area contributed by atoms with Gasteiger partial charge in [0.25, 0.3) is 5.91 Å². The zero-order chi connectivity index (χ0) is 14.7. The molecular weight excluding hydrogens is 327 g/mol. The number of rotatable bonds is 3. The molecule has 0 bridgehead atoms. The van der Waals surface area contributed by atoms with Gasteiger partial charge >= 0.3 is 0 Å². The van der Waals surface area contributed by atoms with Gasteiger partial charge in [-0.3, -0.25) is 9.59 Å². The predicted molar refractivity (Wildman–Crippen MR) is 76.8 cm³/mol. The van der Waals surface area contributed by atoms with Crippen molar-refractivity contribution in [2.24, 2.45) is 0 Å². The Labute approximate surface area is 125 Å². The zero-order valence-corrected chi connectivity index (χ0v) is 12.7. The summed E-state index contributed by atoms with van der Waals surface area (Å²) >= 11 is 3.19. The second-order valence-corrected chi connectivity index (χ2v) is 5.77. The molecular formula is C14H16BrFN2O2. The molecule has 1 aliphatic heterocycles. The second kappa shape index (κ2) is 6.35. The summed E-state index contributed by atoms with van der Waals surface area (Å²) in [5.41, 5.74) is -0.0690. The summed E-state index contributed by atoms with van der Waals surface area (Å²) in [6.07, 6.45) is 1.99. The molecule has 2 amide bonds. The Morgan fingerprint density at radius 2 is 2.00 bits per heavy atom. The predicted octanol–water partition coefficient (Wildman–Crippen LogP) is 2.33. The molecule has 2 rings (SSSR count). The summed E-state index contributed by atoms with van der Waals surface area (Å²) in [7, 11) is 0. The monoisotopic (exact) mass is 342 g/mol. The molecule has 1 aliphatic rings. The van der Waals surface area contributed by atoms with Crippen molar-refractivity contribution in [1.29, 1.82) is 0 Å². The maximum atomic E-state index is 13.6. The van der Waals surface area contributed by atoms with Crippen LogP contribution in [0, 0.1) is 5.82 Å². The van der Waals surface area contributed by atoms with Gasteiger partial charge in [0.1, 0.15) is 11.9 Å². The van der Waals surface area contributed by atoms with Crippen LogP contribution in [0.4, 0.5) is 4.39 Å². The van der Waals surface area contributed by atoms with Gasteiger partial charge < -0.3 is 10.2 Å². The molecule has 1 unspecified atom stereocenters. The lowest BCUT2D eigenvalue weighted by molar-refractivity contribution is -0.131. The molecule has 1 fully saturated rings. The van der Waals surface area contributed by atoms with Crippen LogP contribution in [0.25, 0.3) is 0 Å².